The van der Waals surface area contributed by atoms with E-state index in [1.807, 2.05) is 12.1 Å². The Balaban J connectivity index is 1.35. The maximum Gasteiger partial charge on any atom is 0.0922 e. The van der Waals surface area contributed by atoms with Crippen molar-refractivity contribution < 1.29 is 0 Å². The van der Waals surface area contributed by atoms with E-state index < -0.39 is 0 Å². The summed E-state index contributed by atoms with van der Waals surface area (Å²) < 4.78 is 0. The summed E-state index contributed by atoms with van der Waals surface area (Å²) in [5, 5.41) is 2.01. The predicted molar refractivity (Wildman–Crippen MR) is 115 cm³/mol. The zero-order valence-electron chi connectivity index (χ0n) is 15.1. The van der Waals surface area contributed by atoms with Crippen LogP contribution in [0.4, 0.5) is 0 Å². The van der Waals surface area contributed by atoms with Gasteiger partial charge >= 0.3 is 0 Å². The average molecular weight is 397 g/mol. The van der Waals surface area contributed by atoms with Crippen LogP contribution >= 0.6 is 23.2 Å². The van der Waals surface area contributed by atoms with Gasteiger partial charge in [-0.3, -0.25) is 4.90 Å². The quantitative estimate of drug-likeness (QED) is 0.412. The van der Waals surface area contributed by atoms with E-state index in [1.165, 1.54) is 27.6 Å². The molecule has 2 aliphatic rings. The minimum atomic E-state index is 0.0632. The van der Waals surface area contributed by atoms with Crippen molar-refractivity contribution in [3.63, 3.8) is 0 Å². The van der Waals surface area contributed by atoms with Crippen molar-refractivity contribution in [3.05, 3.63) is 76.5 Å². The summed E-state index contributed by atoms with van der Waals surface area (Å²) in [6.45, 7) is 1.90. The Morgan fingerprint density at radius 1 is 1.11 bits per heavy atom. The molecule has 0 fully saturated rings. The van der Waals surface area contributed by atoms with Crippen molar-refractivity contribution in [3.8, 4) is 0 Å². The Kier molecular flexibility index (Phi) is 4.51. The molecule has 2 aromatic carbocycles. The molecule has 3 aromatic rings. The number of aromatic amines is 1. The highest BCUT2D eigenvalue weighted by Crippen LogP contribution is 2.40. The van der Waals surface area contributed by atoms with Gasteiger partial charge in [-0.25, -0.2) is 0 Å². The second-order valence-corrected chi connectivity index (χ2v) is 8.47. The standard InChI is InChI=1S/C23H22Cl2N2/c24-17-6-8-19-21(14-26-22(19)13-17)16-9-11-27(12-10-16)23(25)20-7-5-15-3-1-2-4-18(15)20/h1-4,6,8-9,13-14,20,23,26H,5,7,10-12H2/t20-,23?/m0/s1. The van der Waals surface area contributed by atoms with Gasteiger partial charge in [-0.1, -0.05) is 48.0 Å². The van der Waals surface area contributed by atoms with Crippen LogP contribution in [0, 0.1) is 0 Å². The molecule has 1 aromatic heterocycles. The Hall–Kier alpha value is -1.74. The minimum Gasteiger partial charge on any atom is -0.361 e. The maximum atomic E-state index is 6.95. The first-order valence-corrected chi connectivity index (χ1v) is 10.4. The average Bonchev–Trinajstić information content (AvgIpc) is 3.31. The van der Waals surface area contributed by atoms with E-state index in [0.29, 0.717) is 5.92 Å². The second kappa shape index (κ2) is 7.01. The highest BCUT2D eigenvalue weighted by atomic mass is 35.5. The molecule has 2 heterocycles. The number of alkyl halides is 1. The van der Waals surface area contributed by atoms with E-state index in [2.05, 4.69) is 52.5 Å². The van der Waals surface area contributed by atoms with Gasteiger partial charge in [0.2, 0.25) is 0 Å². The van der Waals surface area contributed by atoms with E-state index in [1.54, 1.807) is 0 Å². The van der Waals surface area contributed by atoms with E-state index in [4.69, 9.17) is 23.2 Å². The van der Waals surface area contributed by atoms with E-state index >= 15 is 0 Å². The fourth-order valence-electron chi connectivity index (χ4n) is 4.65. The molecule has 4 heteroatoms. The van der Waals surface area contributed by atoms with Crippen LogP contribution in [0.2, 0.25) is 5.02 Å². The molecule has 0 amide bonds. The third-order valence-corrected chi connectivity index (χ3v) is 6.91. The first-order valence-electron chi connectivity index (χ1n) is 9.62. The van der Waals surface area contributed by atoms with Gasteiger partial charge in [-0.15, -0.1) is 11.6 Å². The fourth-order valence-corrected chi connectivity index (χ4v) is 5.26. The van der Waals surface area contributed by atoms with Gasteiger partial charge in [0.1, 0.15) is 0 Å². The first-order chi connectivity index (χ1) is 13.2. The van der Waals surface area contributed by atoms with E-state index in [0.717, 1.165) is 42.9 Å². The monoisotopic (exact) mass is 396 g/mol. The molecular formula is C23H22Cl2N2. The van der Waals surface area contributed by atoms with Crippen LogP contribution in [-0.2, 0) is 6.42 Å². The topological polar surface area (TPSA) is 19.0 Å². The third-order valence-electron chi connectivity index (χ3n) is 6.09. The van der Waals surface area contributed by atoms with Crippen molar-refractivity contribution in [1.29, 1.82) is 0 Å². The summed E-state index contributed by atoms with van der Waals surface area (Å²) in [5.41, 5.74) is 6.76. The minimum absolute atomic E-state index is 0.0632. The molecule has 2 atom stereocenters. The summed E-state index contributed by atoms with van der Waals surface area (Å²) in [6, 6.07) is 14.8. The molecule has 1 unspecified atom stereocenters. The molecule has 0 saturated heterocycles. The van der Waals surface area contributed by atoms with E-state index in [9.17, 15) is 0 Å². The Labute approximate surface area is 169 Å². The van der Waals surface area contributed by atoms with Crippen LogP contribution in [0.3, 0.4) is 0 Å². The van der Waals surface area contributed by atoms with Gasteiger partial charge < -0.3 is 4.98 Å². The predicted octanol–water partition coefficient (Wildman–Crippen LogP) is 6.21. The number of H-pyrrole nitrogens is 1. The molecular weight excluding hydrogens is 375 g/mol. The lowest BCUT2D eigenvalue weighted by molar-refractivity contribution is 0.249. The van der Waals surface area contributed by atoms with Crippen molar-refractivity contribution in [2.75, 3.05) is 13.1 Å². The normalized spacial score (nSPS) is 21.3. The summed E-state index contributed by atoms with van der Waals surface area (Å²) >= 11 is 13.1. The van der Waals surface area contributed by atoms with Crippen molar-refractivity contribution >= 4 is 39.7 Å². The molecule has 1 N–H and O–H groups in total. The summed E-state index contributed by atoms with van der Waals surface area (Å²) in [4.78, 5) is 5.77. The molecule has 0 saturated carbocycles. The first kappa shape index (κ1) is 17.4. The number of aromatic nitrogens is 1. The number of hydrogen-bond acceptors (Lipinski definition) is 1. The van der Waals surface area contributed by atoms with Crippen LogP contribution in [0.5, 0.6) is 0 Å². The highest BCUT2D eigenvalue weighted by molar-refractivity contribution is 6.31. The molecule has 2 nitrogen and oxygen atoms in total. The van der Waals surface area contributed by atoms with E-state index in [-0.39, 0.29) is 5.50 Å². The summed E-state index contributed by atoms with van der Waals surface area (Å²) in [7, 11) is 0. The second-order valence-electron chi connectivity index (χ2n) is 7.58. The van der Waals surface area contributed by atoms with Crippen LogP contribution in [0.1, 0.15) is 35.4 Å². The number of fused-ring (bicyclic) bond motifs is 2. The number of rotatable bonds is 3. The lowest BCUT2D eigenvalue weighted by atomic mass is 9.96. The van der Waals surface area contributed by atoms with Gasteiger partial charge in [0.05, 0.1) is 5.50 Å². The number of nitrogens with zero attached hydrogens (tertiary/aromatic N) is 1. The zero-order chi connectivity index (χ0) is 18.4. The van der Waals surface area contributed by atoms with Crippen LogP contribution in [-0.4, -0.2) is 28.5 Å². The molecule has 0 bridgehead atoms. The largest absolute Gasteiger partial charge is 0.361 e. The third kappa shape index (κ3) is 3.10. The Bertz CT molecular complexity index is 1020. The molecule has 0 radical (unpaired) electrons. The highest BCUT2D eigenvalue weighted by Gasteiger charge is 2.32. The summed E-state index contributed by atoms with van der Waals surface area (Å²) in [5.74, 6) is 0.438. The molecule has 0 spiro atoms. The van der Waals surface area contributed by atoms with Gasteiger partial charge in [0.15, 0.2) is 0 Å². The maximum absolute atomic E-state index is 6.95. The van der Waals surface area contributed by atoms with Crippen LogP contribution < -0.4 is 0 Å². The molecule has 1 aliphatic carbocycles. The van der Waals surface area contributed by atoms with Crippen LogP contribution in [0.25, 0.3) is 16.5 Å². The van der Waals surface area contributed by atoms with Gasteiger partial charge in [-0.05, 0) is 48.1 Å². The van der Waals surface area contributed by atoms with Crippen molar-refractivity contribution in [2.24, 2.45) is 0 Å². The zero-order valence-corrected chi connectivity index (χ0v) is 16.6. The lowest BCUT2D eigenvalue weighted by Crippen LogP contribution is -2.38. The van der Waals surface area contributed by atoms with Gasteiger partial charge in [0.25, 0.3) is 0 Å². The summed E-state index contributed by atoms with van der Waals surface area (Å²) in [6.07, 6.45) is 7.78. The fraction of sp³-hybridized carbons (Fsp3) is 0.304. The smallest absolute Gasteiger partial charge is 0.0922 e. The number of benzene rings is 2. The SMILES string of the molecule is Clc1ccc2c(C3=CCN(C(Cl)[C@H]4CCc5ccccc54)CC3)c[nH]c2c1. The molecule has 5 rings (SSSR count). The number of nitrogens with one attached hydrogen (secondary N) is 1. The number of aryl methyl sites for hydroxylation is 1. The number of hydrogen-bond donors (Lipinski definition) is 1. The van der Waals surface area contributed by atoms with Gasteiger partial charge in [-0.2, -0.15) is 0 Å². The Morgan fingerprint density at radius 3 is 2.85 bits per heavy atom. The van der Waals surface area contributed by atoms with Crippen molar-refractivity contribution in [2.45, 2.75) is 30.7 Å². The molecule has 27 heavy (non-hydrogen) atoms. The van der Waals surface area contributed by atoms with Crippen molar-refractivity contribution in [1.82, 2.24) is 9.88 Å². The molecule has 1 aliphatic heterocycles. The Morgan fingerprint density at radius 2 is 2.00 bits per heavy atom. The number of halogens is 2. The van der Waals surface area contributed by atoms with Crippen LogP contribution in [0.15, 0.2) is 54.7 Å². The lowest BCUT2D eigenvalue weighted by Gasteiger charge is -2.34. The molecule has 138 valence electrons. The van der Waals surface area contributed by atoms with Gasteiger partial charge in [0, 0.05) is 46.7 Å².